The minimum Gasteiger partial charge on any atom is -0.369 e. The van der Waals surface area contributed by atoms with Gasteiger partial charge in [0.2, 0.25) is 5.65 Å². The lowest BCUT2D eigenvalue weighted by molar-refractivity contribution is 0.642. The fraction of sp³-hybridized carbons (Fsp3) is 0.375. The van der Waals surface area contributed by atoms with Crippen molar-refractivity contribution in [2.24, 2.45) is 4.99 Å². The van der Waals surface area contributed by atoms with Gasteiger partial charge in [-0.1, -0.05) is 0 Å². The molecule has 0 spiro atoms. The largest absolute Gasteiger partial charge is 0.369 e. The number of tetrazole rings is 1. The Hall–Kier alpha value is -2.05. The first-order valence-electron chi connectivity index (χ1n) is 4.43. The molecule has 0 aliphatic carbocycles. The molecule has 0 aliphatic rings. The predicted octanol–water partition coefficient (Wildman–Crippen LogP) is 0.0491. The molecule has 2 rings (SSSR count). The molecule has 0 bridgehead atoms. The van der Waals surface area contributed by atoms with Gasteiger partial charge >= 0.3 is 0 Å². The SMILES string of the molecule is Cc1cc(N=CN(C)C)nn2nnnc12. The number of nitrogens with zero attached hydrogens (tertiary/aromatic N) is 7. The van der Waals surface area contributed by atoms with Gasteiger partial charge in [0.25, 0.3) is 0 Å². The minimum absolute atomic E-state index is 0.584. The number of hydrogen-bond acceptors (Lipinski definition) is 5. The summed E-state index contributed by atoms with van der Waals surface area (Å²) in [6.45, 7) is 1.92. The second-order valence-electron chi connectivity index (χ2n) is 3.39. The van der Waals surface area contributed by atoms with Crippen LogP contribution < -0.4 is 0 Å². The van der Waals surface area contributed by atoms with Crippen LogP contribution in [0.4, 0.5) is 5.82 Å². The third kappa shape index (κ3) is 1.90. The van der Waals surface area contributed by atoms with Gasteiger partial charge in [0.15, 0.2) is 5.82 Å². The van der Waals surface area contributed by atoms with Crippen LogP contribution in [0.5, 0.6) is 0 Å². The fourth-order valence-corrected chi connectivity index (χ4v) is 1.11. The highest BCUT2D eigenvalue weighted by molar-refractivity contribution is 5.60. The highest BCUT2D eigenvalue weighted by Crippen LogP contribution is 2.11. The first-order valence-corrected chi connectivity index (χ1v) is 4.43. The average Bonchev–Trinajstić information content (AvgIpc) is 2.63. The second kappa shape index (κ2) is 3.60. The minimum atomic E-state index is 0.584. The van der Waals surface area contributed by atoms with Crippen LogP contribution in [0.15, 0.2) is 11.1 Å². The van der Waals surface area contributed by atoms with E-state index in [9.17, 15) is 0 Å². The van der Waals surface area contributed by atoms with Crippen LogP contribution in [-0.4, -0.2) is 50.6 Å². The molecule has 0 aliphatic heterocycles. The van der Waals surface area contributed by atoms with E-state index >= 15 is 0 Å². The number of aliphatic imine (C=N–C) groups is 1. The molecule has 0 N–H and O–H groups in total. The maximum absolute atomic E-state index is 4.17. The summed E-state index contributed by atoms with van der Waals surface area (Å²) in [6.07, 6.45) is 1.68. The van der Waals surface area contributed by atoms with Crippen molar-refractivity contribution in [2.45, 2.75) is 6.92 Å². The van der Waals surface area contributed by atoms with Gasteiger partial charge in [0.1, 0.15) is 0 Å². The highest BCUT2D eigenvalue weighted by atomic mass is 15.6. The van der Waals surface area contributed by atoms with E-state index in [-0.39, 0.29) is 0 Å². The van der Waals surface area contributed by atoms with E-state index in [1.807, 2.05) is 32.0 Å². The number of aromatic nitrogens is 5. The molecular weight excluding hydrogens is 194 g/mol. The molecule has 0 atom stereocenters. The normalized spacial score (nSPS) is 11.4. The molecule has 78 valence electrons. The molecule has 0 aromatic carbocycles. The predicted molar refractivity (Wildman–Crippen MR) is 55.2 cm³/mol. The van der Waals surface area contributed by atoms with Crippen LogP contribution in [-0.2, 0) is 0 Å². The standard InChI is InChI=1S/C8H11N7/c1-6-4-7(9-5-14(2)3)11-15-8(6)10-12-13-15/h4-5H,1-3H3. The van der Waals surface area contributed by atoms with Gasteiger partial charge in [-0.25, -0.2) is 4.99 Å². The molecule has 0 saturated carbocycles. The Morgan fingerprint density at radius 3 is 3.00 bits per heavy atom. The molecule has 2 aromatic rings. The van der Waals surface area contributed by atoms with Gasteiger partial charge in [0, 0.05) is 19.7 Å². The summed E-state index contributed by atoms with van der Waals surface area (Å²) in [5.41, 5.74) is 1.60. The summed E-state index contributed by atoms with van der Waals surface area (Å²) >= 11 is 0. The van der Waals surface area contributed by atoms with Gasteiger partial charge in [-0.3, -0.25) is 0 Å². The summed E-state index contributed by atoms with van der Waals surface area (Å²) in [6, 6.07) is 1.84. The lowest BCUT2D eigenvalue weighted by Crippen LogP contribution is -2.07. The lowest BCUT2D eigenvalue weighted by atomic mass is 10.3. The summed E-state index contributed by atoms with van der Waals surface area (Å²) in [5, 5.41) is 15.2. The topological polar surface area (TPSA) is 71.6 Å². The van der Waals surface area contributed by atoms with Crippen LogP contribution in [0, 0.1) is 6.92 Å². The van der Waals surface area contributed by atoms with Gasteiger partial charge in [0.05, 0.1) is 6.34 Å². The van der Waals surface area contributed by atoms with Crippen molar-refractivity contribution in [1.82, 2.24) is 30.2 Å². The Balaban J connectivity index is 2.45. The monoisotopic (exact) mass is 205 g/mol. The van der Waals surface area contributed by atoms with E-state index in [1.165, 1.54) is 4.63 Å². The van der Waals surface area contributed by atoms with Crippen molar-refractivity contribution in [3.63, 3.8) is 0 Å². The van der Waals surface area contributed by atoms with E-state index in [0.717, 1.165) is 5.56 Å². The van der Waals surface area contributed by atoms with Crippen LogP contribution in [0.3, 0.4) is 0 Å². The summed E-state index contributed by atoms with van der Waals surface area (Å²) in [5.74, 6) is 0.584. The van der Waals surface area contributed by atoms with Crippen LogP contribution in [0.25, 0.3) is 5.65 Å². The van der Waals surface area contributed by atoms with Gasteiger partial charge < -0.3 is 4.90 Å². The maximum atomic E-state index is 4.17. The summed E-state index contributed by atoms with van der Waals surface area (Å²) < 4.78 is 1.37. The first-order chi connectivity index (χ1) is 7.16. The first kappa shape index (κ1) is 9.50. The van der Waals surface area contributed by atoms with E-state index < -0.39 is 0 Å². The van der Waals surface area contributed by atoms with E-state index in [4.69, 9.17) is 0 Å². The smallest absolute Gasteiger partial charge is 0.203 e. The van der Waals surface area contributed by atoms with Crippen LogP contribution in [0.2, 0.25) is 0 Å². The van der Waals surface area contributed by atoms with E-state index in [2.05, 4.69) is 25.6 Å². The zero-order valence-electron chi connectivity index (χ0n) is 8.79. The molecule has 0 saturated heterocycles. The van der Waals surface area contributed by atoms with Crippen molar-refractivity contribution in [1.29, 1.82) is 0 Å². The quantitative estimate of drug-likeness (QED) is 0.511. The molecule has 7 heteroatoms. The molecule has 2 aromatic heterocycles. The van der Waals surface area contributed by atoms with Crippen molar-refractivity contribution in [3.8, 4) is 0 Å². The number of fused-ring (bicyclic) bond motifs is 1. The molecular formula is C8H11N7. The number of hydrogen-bond donors (Lipinski definition) is 0. The maximum Gasteiger partial charge on any atom is 0.203 e. The molecule has 2 heterocycles. The highest BCUT2D eigenvalue weighted by Gasteiger charge is 2.03. The van der Waals surface area contributed by atoms with Crippen molar-refractivity contribution in [2.75, 3.05) is 14.1 Å². The van der Waals surface area contributed by atoms with Crippen molar-refractivity contribution >= 4 is 17.8 Å². The molecule has 7 nitrogen and oxygen atoms in total. The Morgan fingerprint density at radius 1 is 1.47 bits per heavy atom. The van der Waals surface area contributed by atoms with E-state index in [1.54, 1.807) is 6.34 Å². The van der Waals surface area contributed by atoms with Crippen molar-refractivity contribution < 1.29 is 0 Å². The summed E-state index contributed by atoms with van der Waals surface area (Å²) in [4.78, 5) is 6.00. The Bertz CT molecular complexity index is 499. The number of rotatable bonds is 2. The molecule has 0 radical (unpaired) electrons. The zero-order valence-corrected chi connectivity index (χ0v) is 8.79. The van der Waals surface area contributed by atoms with Gasteiger partial charge in [-0.2, -0.15) is 0 Å². The zero-order chi connectivity index (χ0) is 10.8. The summed E-state index contributed by atoms with van der Waals surface area (Å²) in [7, 11) is 3.79. The van der Waals surface area contributed by atoms with Crippen molar-refractivity contribution in [3.05, 3.63) is 11.6 Å². The Labute approximate surface area is 86.4 Å². The van der Waals surface area contributed by atoms with Gasteiger partial charge in [-0.05, 0) is 23.4 Å². The molecule has 0 fully saturated rings. The van der Waals surface area contributed by atoms with Crippen LogP contribution in [0.1, 0.15) is 5.56 Å². The second-order valence-corrected chi connectivity index (χ2v) is 3.39. The molecule has 15 heavy (non-hydrogen) atoms. The third-order valence-electron chi connectivity index (χ3n) is 1.77. The third-order valence-corrected chi connectivity index (χ3v) is 1.77. The lowest BCUT2D eigenvalue weighted by Gasteiger charge is -2.02. The van der Waals surface area contributed by atoms with E-state index in [0.29, 0.717) is 11.5 Å². The fourth-order valence-electron chi connectivity index (χ4n) is 1.11. The van der Waals surface area contributed by atoms with Crippen LogP contribution >= 0.6 is 0 Å². The molecule has 0 unspecified atom stereocenters. The van der Waals surface area contributed by atoms with Gasteiger partial charge in [-0.15, -0.1) is 14.8 Å². The average molecular weight is 205 g/mol. The Kier molecular flexibility index (Phi) is 2.28. The Morgan fingerprint density at radius 2 is 2.27 bits per heavy atom. The number of aryl methyl sites for hydroxylation is 1. The molecule has 0 amide bonds.